The second kappa shape index (κ2) is 4.18. The third-order valence-electron chi connectivity index (χ3n) is 3.85. The molecule has 0 saturated heterocycles. The minimum absolute atomic E-state index is 0.788. The third-order valence-corrected chi connectivity index (χ3v) is 5.66. The van der Waals surface area contributed by atoms with Crippen LogP contribution in [-0.4, -0.2) is 25.8 Å². The summed E-state index contributed by atoms with van der Waals surface area (Å²) in [6, 6.07) is 0. The highest BCUT2D eigenvalue weighted by Crippen LogP contribution is 2.38. The van der Waals surface area contributed by atoms with Gasteiger partial charge in [0.25, 0.3) is 0 Å². The summed E-state index contributed by atoms with van der Waals surface area (Å²) < 4.78 is 2.01. The monoisotopic (exact) mass is 290 g/mol. The van der Waals surface area contributed by atoms with E-state index in [1.165, 1.54) is 28.7 Å². The van der Waals surface area contributed by atoms with Crippen LogP contribution in [-0.2, 0) is 12.8 Å². The van der Waals surface area contributed by atoms with Crippen molar-refractivity contribution in [1.29, 1.82) is 0 Å². The zero-order valence-electron chi connectivity index (χ0n) is 10.9. The Kier molecular flexibility index (Phi) is 2.57. The molecular formula is C13H14N4S2. The van der Waals surface area contributed by atoms with Crippen molar-refractivity contribution < 1.29 is 0 Å². The normalized spacial score (nSPS) is 19.2. The maximum absolute atomic E-state index is 4.61. The highest BCUT2D eigenvalue weighted by atomic mass is 32.2. The number of rotatable bonds is 1. The van der Waals surface area contributed by atoms with E-state index in [0.29, 0.717) is 0 Å². The van der Waals surface area contributed by atoms with Crippen LogP contribution in [0.3, 0.4) is 0 Å². The smallest absolute Gasteiger partial charge is 0.196 e. The molecule has 0 N–H and O–H groups in total. The lowest BCUT2D eigenvalue weighted by molar-refractivity contribution is 0.509. The quantitative estimate of drug-likeness (QED) is 0.646. The summed E-state index contributed by atoms with van der Waals surface area (Å²) in [6.45, 7) is 2.33. The molecule has 6 heteroatoms. The highest BCUT2D eigenvalue weighted by molar-refractivity contribution is 7.98. The molecule has 0 aliphatic heterocycles. The van der Waals surface area contributed by atoms with E-state index in [1.54, 1.807) is 11.8 Å². The maximum Gasteiger partial charge on any atom is 0.196 e. The van der Waals surface area contributed by atoms with Gasteiger partial charge in [-0.3, -0.25) is 4.40 Å². The fourth-order valence-electron chi connectivity index (χ4n) is 2.86. The van der Waals surface area contributed by atoms with Gasteiger partial charge in [-0.2, -0.15) is 0 Å². The Balaban J connectivity index is 2.07. The van der Waals surface area contributed by atoms with E-state index in [0.717, 1.165) is 28.0 Å². The van der Waals surface area contributed by atoms with Gasteiger partial charge in [-0.25, -0.2) is 4.98 Å². The van der Waals surface area contributed by atoms with Crippen LogP contribution < -0.4 is 0 Å². The van der Waals surface area contributed by atoms with Crippen molar-refractivity contribution >= 4 is 39.0 Å². The largest absolute Gasteiger partial charge is 0.260 e. The molecule has 0 fully saturated rings. The van der Waals surface area contributed by atoms with Crippen molar-refractivity contribution in [3.63, 3.8) is 0 Å². The molecule has 1 aliphatic rings. The van der Waals surface area contributed by atoms with Gasteiger partial charge in [-0.05, 0) is 37.0 Å². The molecule has 4 rings (SSSR count). The molecule has 1 aliphatic carbocycles. The van der Waals surface area contributed by atoms with Crippen LogP contribution in [0.1, 0.15) is 23.8 Å². The predicted molar refractivity (Wildman–Crippen MR) is 79.1 cm³/mol. The number of thiophene rings is 1. The minimum atomic E-state index is 0.788. The van der Waals surface area contributed by atoms with Gasteiger partial charge in [0, 0.05) is 4.88 Å². The second-order valence-corrected chi connectivity index (χ2v) is 7.01. The zero-order chi connectivity index (χ0) is 13.0. The second-order valence-electron chi connectivity index (χ2n) is 5.16. The molecule has 0 radical (unpaired) electrons. The topological polar surface area (TPSA) is 43.1 Å². The minimum Gasteiger partial charge on any atom is -0.260 e. The van der Waals surface area contributed by atoms with E-state index in [-0.39, 0.29) is 0 Å². The molecule has 0 amide bonds. The number of aryl methyl sites for hydroxylation is 1. The van der Waals surface area contributed by atoms with Gasteiger partial charge in [0.2, 0.25) is 0 Å². The van der Waals surface area contributed by atoms with Gasteiger partial charge in [0.1, 0.15) is 11.2 Å². The fraction of sp³-hybridized carbons (Fsp3) is 0.462. The van der Waals surface area contributed by atoms with Crippen molar-refractivity contribution in [3.8, 4) is 0 Å². The van der Waals surface area contributed by atoms with Crippen LogP contribution in [0.15, 0.2) is 11.5 Å². The number of hydrogen-bond donors (Lipinski definition) is 0. The Morgan fingerprint density at radius 1 is 1.42 bits per heavy atom. The molecule has 1 atom stereocenters. The van der Waals surface area contributed by atoms with Crippen molar-refractivity contribution in [2.75, 3.05) is 6.26 Å². The average molecular weight is 290 g/mol. The lowest BCUT2D eigenvalue weighted by atomic mass is 9.89. The molecule has 0 spiro atoms. The van der Waals surface area contributed by atoms with Crippen molar-refractivity contribution in [2.45, 2.75) is 31.3 Å². The summed E-state index contributed by atoms with van der Waals surface area (Å²) in [5, 5.41) is 10.8. The van der Waals surface area contributed by atoms with Crippen LogP contribution in [0.4, 0.5) is 0 Å². The molecule has 3 aromatic heterocycles. The van der Waals surface area contributed by atoms with Crippen LogP contribution in [0, 0.1) is 5.92 Å². The lowest BCUT2D eigenvalue weighted by Gasteiger charge is -2.17. The van der Waals surface area contributed by atoms with Crippen LogP contribution in [0.25, 0.3) is 15.9 Å². The standard InChI is InChI=1S/C13H14N4S2/c1-7-3-4-8-9(5-7)19-12-10(8)11-15-16-13(18-2)17(11)6-14-12/h6-7H,3-5H2,1-2H3/t7-/m0/s1. The predicted octanol–water partition coefficient (Wildman–Crippen LogP) is 3.19. The van der Waals surface area contributed by atoms with E-state index in [9.17, 15) is 0 Å². The summed E-state index contributed by atoms with van der Waals surface area (Å²) in [7, 11) is 0. The van der Waals surface area contributed by atoms with Gasteiger partial charge in [-0.1, -0.05) is 18.7 Å². The summed E-state index contributed by atoms with van der Waals surface area (Å²) in [5.41, 5.74) is 2.44. The van der Waals surface area contributed by atoms with Crippen molar-refractivity contribution in [3.05, 3.63) is 16.8 Å². The molecule has 0 unspecified atom stereocenters. The first-order chi connectivity index (χ1) is 9.28. The van der Waals surface area contributed by atoms with Crippen LogP contribution >= 0.6 is 23.1 Å². The molecule has 98 valence electrons. The van der Waals surface area contributed by atoms with E-state index in [2.05, 4.69) is 22.1 Å². The van der Waals surface area contributed by atoms with Gasteiger partial charge in [-0.15, -0.1) is 21.5 Å². The Hall–Kier alpha value is -1.14. The number of thioether (sulfide) groups is 1. The molecule has 3 heterocycles. The number of hydrogen-bond acceptors (Lipinski definition) is 5. The first kappa shape index (κ1) is 11.7. The number of nitrogens with zero attached hydrogens (tertiary/aromatic N) is 4. The molecule has 0 bridgehead atoms. The van der Waals surface area contributed by atoms with Crippen LogP contribution in [0.2, 0.25) is 0 Å². The highest BCUT2D eigenvalue weighted by Gasteiger charge is 2.23. The molecule has 0 saturated carbocycles. The average Bonchev–Trinajstić information content (AvgIpc) is 2.97. The molecule has 3 aromatic rings. The van der Waals surface area contributed by atoms with Crippen molar-refractivity contribution in [2.24, 2.45) is 5.92 Å². The van der Waals surface area contributed by atoms with Gasteiger partial charge < -0.3 is 0 Å². The number of fused-ring (bicyclic) bond motifs is 5. The molecule has 19 heavy (non-hydrogen) atoms. The van der Waals surface area contributed by atoms with Gasteiger partial charge >= 0.3 is 0 Å². The first-order valence-corrected chi connectivity index (χ1v) is 8.50. The summed E-state index contributed by atoms with van der Waals surface area (Å²) >= 11 is 3.44. The van der Waals surface area contributed by atoms with E-state index in [4.69, 9.17) is 0 Å². The van der Waals surface area contributed by atoms with E-state index < -0.39 is 0 Å². The van der Waals surface area contributed by atoms with E-state index >= 15 is 0 Å². The van der Waals surface area contributed by atoms with Crippen molar-refractivity contribution in [1.82, 2.24) is 19.6 Å². The van der Waals surface area contributed by atoms with Crippen LogP contribution in [0.5, 0.6) is 0 Å². The van der Waals surface area contributed by atoms with Gasteiger partial charge in [0.05, 0.1) is 5.39 Å². The maximum atomic E-state index is 4.61. The van der Waals surface area contributed by atoms with E-state index in [1.807, 2.05) is 28.3 Å². The summed E-state index contributed by atoms with van der Waals surface area (Å²) in [6.07, 6.45) is 7.48. The Bertz CT molecular complexity index is 774. The fourth-order valence-corrected chi connectivity index (χ4v) is 4.66. The SMILES string of the molecule is CSc1nnc2c3c4c(sc3ncn12)C[C@@H](C)CC4. The molecule has 4 nitrogen and oxygen atoms in total. The molecule has 0 aromatic carbocycles. The Labute approximate surface area is 119 Å². The Morgan fingerprint density at radius 2 is 2.32 bits per heavy atom. The Morgan fingerprint density at radius 3 is 3.16 bits per heavy atom. The summed E-state index contributed by atoms with van der Waals surface area (Å²) in [5.74, 6) is 0.788. The number of aromatic nitrogens is 4. The lowest BCUT2D eigenvalue weighted by Crippen LogP contribution is -2.08. The zero-order valence-corrected chi connectivity index (χ0v) is 12.5. The van der Waals surface area contributed by atoms with Gasteiger partial charge in [0.15, 0.2) is 10.8 Å². The third kappa shape index (κ3) is 1.63. The first-order valence-electron chi connectivity index (χ1n) is 6.46. The summed E-state index contributed by atoms with van der Waals surface area (Å²) in [4.78, 5) is 7.23. The molecular weight excluding hydrogens is 276 g/mol.